The van der Waals surface area contributed by atoms with E-state index in [0.717, 1.165) is 34.4 Å². The van der Waals surface area contributed by atoms with Crippen LogP contribution in [0.3, 0.4) is 0 Å². The predicted octanol–water partition coefficient (Wildman–Crippen LogP) is 3.12. The van der Waals surface area contributed by atoms with Crippen LogP contribution in [0.2, 0.25) is 0 Å². The maximum Gasteiger partial charge on any atom is 0.233 e. The number of benzene rings is 1. The fourth-order valence-corrected chi connectivity index (χ4v) is 3.71. The summed E-state index contributed by atoms with van der Waals surface area (Å²) in [5, 5.41) is 9.30. The topological polar surface area (TPSA) is 73.1 Å². The van der Waals surface area contributed by atoms with Crippen LogP contribution in [0.1, 0.15) is 12.5 Å². The zero-order valence-corrected chi connectivity index (χ0v) is 17.0. The molecule has 3 aromatic rings. The summed E-state index contributed by atoms with van der Waals surface area (Å²) in [5.74, 6) is 1.90. The van der Waals surface area contributed by atoms with Crippen LogP contribution in [-0.2, 0) is 17.9 Å². The average molecular weight is 398 g/mol. The summed E-state index contributed by atoms with van der Waals surface area (Å²) in [6.07, 6.45) is 3.46. The van der Waals surface area contributed by atoms with E-state index in [1.165, 1.54) is 11.8 Å². The van der Waals surface area contributed by atoms with Crippen molar-refractivity contribution in [2.45, 2.75) is 25.2 Å². The second-order valence-electron chi connectivity index (χ2n) is 6.18. The van der Waals surface area contributed by atoms with Gasteiger partial charge in [0.15, 0.2) is 11.0 Å². The highest BCUT2D eigenvalue weighted by atomic mass is 32.2. The normalized spacial score (nSPS) is 10.7. The maximum absolute atomic E-state index is 12.6. The molecule has 0 saturated heterocycles. The van der Waals surface area contributed by atoms with Crippen LogP contribution in [0.15, 0.2) is 53.9 Å². The highest BCUT2D eigenvalue weighted by molar-refractivity contribution is 7.99. The molecule has 1 aromatic carbocycles. The van der Waals surface area contributed by atoms with Crippen molar-refractivity contribution in [3.8, 4) is 17.1 Å². The summed E-state index contributed by atoms with van der Waals surface area (Å²) in [6, 6.07) is 11.5. The fourth-order valence-electron chi connectivity index (χ4n) is 2.76. The average Bonchev–Trinajstić information content (AvgIpc) is 3.15. The number of carbonyl (C=O) groups is 1. The van der Waals surface area contributed by atoms with Crippen molar-refractivity contribution in [2.75, 3.05) is 19.9 Å². The van der Waals surface area contributed by atoms with Crippen molar-refractivity contribution in [2.24, 2.45) is 0 Å². The van der Waals surface area contributed by atoms with Crippen LogP contribution in [0, 0.1) is 0 Å². The lowest BCUT2D eigenvalue weighted by atomic mass is 10.2. The van der Waals surface area contributed by atoms with Gasteiger partial charge in [0.25, 0.3) is 0 Å². The molecule has 2 heterocycles. The molecule has 0 unspecified atom stereocenters. The number of pyridine rings is 1. The summed E-state index contributed by atoms with van der Waals surface area (Å²) in [5.41, 5.74) is 1.98. The largest absolute Gasteiger partial charge is 0.497 e. The van der Waals surface area contributed by atoms with Gasteiger partial charge in [-0.3, -0.25) is 9.78 Å². The zero-order chi connectivity index (χ0) is 19.9. The van der Waals surface area contributed by atoms with Crippen LogP contribution >= 0.6 is 11.8 Å². The molecule has 2 aromatic heterocycles. The number of hydrogen-bond donors (Lipinski definition) is 0. The van der Waals surface area contributed by atoms with E-state index in [2.05, 4.69) is 15.2 Å². The fraction of sp³-hybridized carbons (Fsp3) is 0.300. The lowest BCUT2D eigenvalue weighted by Gasteiger charge is -2.17. The van der Waals surface area contributed by atoms with Gasteiger partial charge in [0.05, 0.1) is 12.9 Å². The van der Waals surface area contributed by atoms with Gasteiger partial charge in [-0.15, -0.1) is 10.2 Å². The van der Waals surface area contributed by atoms with Gasteiger partial charge in [-0.2, -0.15) is 0 Å². The number of nitrogens with zero attached hydrogens (tertiary/aromatic N) is 5. The van der Waals surface area contributed by atoms with Crippen molar-refractivity contribution < 1.29 is 9.53 Å². The summed E-state index contributed by atoms with van der Waals surface area (Å²) in [7, 11) is 3.43. The van der Waals surface area contributed by atoms with Crippen LogP contribution in [-0.4, -0.2) is 50.5 Å². The molecule has 0 saturated carbocycles. The first-order valence-corrected chi connectivity index (χ1v) is 9.94. The van der Waals surface area contributed by atoms with Gasteiger partial charge in [-0.1, -0.05) is 23.9 Å². The Kier molecular flexibility index (Phi) is 6.65. The quantitative estimate of drug-likeness (QED) is 0.544. The van der Waals surface area contributed by atoms with E-state index in [9.17, 15) is 4.79 Å². The van der Waals surface area contributed by atoms with Gasteiger partial charge < -0.3 is 14.2 Å². The number of methoxy groups -OCH3 is 1. The van der Waals surface area contributed by atoms with Crippen molar-refractivity contribution in [3.63, 3.8) is 0 Å². The Morgan fingerprint density at radius 2 is 2.00 bits per heavy atom. The predicted molar refractivity (Wildman–Crippen MR) is 109 cm³/mol. The first kappa shape index (κ1) is 19.9. The van der Waals surface area contributed by atoms with Gasteiger partial charge in [0.1, 0.15) is 5.75 Å². The molecule has 8 heteroatoms. The molecule has 1 amide bonds. The van der Waals surface area contributed by atoms with Gasteiger partial charge in [-0.25, -0.2) is 0 Å². The Morgan fingerprint density at radius 1 is 1.21 bits per heavy atom. The molecule has 0 bridgehead atoms. The highest BCUT2D eigenvalue weighted by Gasteiger charge is 2.16. The molecule has 0 N–H and O–H groups in total. The van der Waals surface area contributed by atoms with E-state index in [1.54, 1.807) is 31.5 Å². The Bertz CT molecular complexity index is 929. The molecule has 0 aliphatic heterocycles. The molecule has 28 heavy (non-hydrogen) atoms. The monoisotopic (exact) mass is 397 g/mol. The number of amides is 1. The van der Waals surface area contributed by atoms with Crippen molar-refractivity contribution in [3.05, 3.63) is 54.4 Å². The third-order valence-corrected chi connectivity index (χ3v) is 5.23. The van der Waals surface area contributed by atoms with E-state index in [0.29, 0.717) is 12.3 Å². The summed E-state index contributed by atoms with van der Waals surface area (Å²) >= 11 is 1.40. The molecule has 0 spiro atoms. The minimum absolute atomic E-state index is 0.0314. The van der Waals surface area contributed by atoms with Gasteiger partial charge >= 0.3 is 0 Å². The smallest absolute Gasteiger partial charge is 0.233 e. The second-order valence-corrected chi connectivity index (χ2v) is 7.12. The highest BCUT2D eigenvalue weighted by Crippen LogP contribution is 2.24. The van der Waals surface area contributed by atoms with Crippen molar-refractivity contribution in [1.82, 2.24) is 24.6 Å². The molecule has 0 aliphatic rings. The molecule has 0 fully saturated rings. The minimum Gasteiger partial charge on any atom is -0.497 e. The lowest BCUT2D eigenvalue weighted by molar-refractivity contribution is -0.127. The van der Waals surface area contributed by atoms with Crippen LogP contribution in [0.5, 0.6) is 5.75 Å². The van der Waals surface area contributed by atoms with Gasteiger partial charge in [0, 0.05) is 38.1 Å². The molecular formula is C20H23N5O2S. The Morgan fingerprint density at radius 3 is 2.71 bits per heavy atom. The second kappa shape index (κ2) is 9.36. The number of hydrogen-bond acceptors (Lipinski definition) is 6. The number of thioether (sulfide) groups is 1. The SMILES string of the molecule is CCn1c(SCC(=O)N(C)Cc2cccc(OC)c2)nnc1-c1ccncc1. The Hall–Kier alpha value is -2.87. The van der Waals surface area contributed by atoms with E-state index in [4.69, 9.17) is 4.74 Å². The van der Waals surface area contributed by atoms with Gasteiger partial charge in [0.2, 0.25) is 5.91 Å². The van der Waals surface area contributed by atoms with E-state index >= 15 is 0 Å². The molecule has 3 rings (SSSR count). The Labute approximate surface area is 168 Å². The summed E-state index contributed by atoms with van der Waals surface area (Å²) in [4.78, 5) is 18.3. The number of carbonyl (C=O) groups excluding carboxylic acids is 1. The first-order chi connectivity index (χ1) is 13.6. The Balaban J connectivity index is 1.63. The molecular weight excluding hydrogens is 374 g/mol. The maximum atomic E-state index is 12.6. The van der Waals surface area contributed by atoms with E-state index in [1.807, 2.05) is 47.9 Å². The third kappa shape index (κ3) is 4.69. The lowest BCUT2D eigenvalue weighted by Crippen LogP contribution is -2.27. The van der Waals surface area contributed by atoms with Gasteiger partial charge in [-0.05, 0) is 36.8 Å². The van der Waals surface area contributed by atoms with Crippen molar-refractivity contribution in [1.29, 1.82) is 0 Å². The van der Waals surface area contributed by atoms with Crippen LogP contribution in [0.4, 0.5) is 0 Å². The molecule has 146 valence electrons. The molecule has 0 atom stereocenters. The zero-order valence-electron chi connectivity index (χ0n) is 16.2. The summed E-state index contributed by atoms with van der Waals surface area (Å²) < 4.78 is 7.25. The van der Waals surface area contributed by atoms with E-state index < -0.39 is 0 Å². The molecule has 7 nitrogen and oxygen atoms in total. The van der Waals surface area contributed by atoms with Crippen molar-refractivity contribution >= 4 is 17.7 Å². The van der Waals surface area contributed by atoms with Crippen LogP contribution in [0.25, 0.3) is 11.4 Å². The van der Waals surface area contributed by atoms with Crippen LogP contribution < -0.4 is 4.74 Å². The molecule has 0 radical (unpaired) electrons. The number of ether oxygens (including phenoxy) is 1. The number of rotatable bonds is 8. The number of aromatic nitrogens is 4. The molecule has 0 aliphatic carbocycles. The minimum atomic E-state index is 0.0314. The van der Waals surface area contributed by atoms with E-state index in [-0.39, 0.29) is 5.91 Å². The third-order valence-electron chi connectivity index (χ3n) is 4.28. The first-order valence-electron chi connectivity index (χ1n) is 8.95. The standard InChI is InChI=1S/C20H23N5O2S/c1-4-25-19(16-8-10-21-11-9-16)22-23-20(25)28-14-18(26)24(2)13-15-6-5-7-17(12-15)27-3/h5-12H,4,13-14H2,1-3H3. The summed E-state index contributed by atoms with van der Waals surface area (Å²) in [6.45, 7) is 3.29.